The molecule has 1 aliphatic heterocycles. The number of hydrogen-bond acceptors (Lipinski definition) is 3. The van der Waals surface area contributed by atoms with E-state index in [-0.39, 0.29) is 24.4 Å². The van der Waals surface area contributed by atoms with E-state index < -0.39 is 5.54 Å². The summed E-state index contributed by atoms with van der Waals surface area (Å²) < 4.78 is 1.08. The maximum absolute atomic E-state index is 12.2. The van der Waals surface area contributed by atoms with Crippen molar-refractivity contribution in [3.05, 3.63) is 28.7 Å². The zero-order chi connectivity index (χ0) is 15.5. The number of nitrogens with zero attached hydrogens (tertiary/aromatic N) is 1. The van der Waals surface area contributed by atoms with E-state index in [2.05, 4.69) is 38.3 Å². The van der Waals surface area contributed by atoms with Crippen LogP contribution in [0, 0.1) is 0 Å². The van der Waals surface area contributed by atoms with Gasteiger partial charge in [-0.25, -0.2) is 0 Å². The average Bonchev–Trinajstić information content (AvgIpc) is 2.88. The Labute approximate surface area is 147 Å². The Bertz CT molecular complexity index is 493. The van der Waals surface area contributed by atoms with Crippen LogP contribution in [0.3, 0.4) is 0 Å². The van der Waals surface area contributed by atoms with Gasteiger partial charge in [-0.05, 0) is 44.0 Å². The molecule has 4 nitrogen and oxygen atoms in total. The number of anilines is 1. The minimum Gasteiger partial charge on any atom is -0.369 e. The third kappa shape index (κ3) is 4.86. The van der Waals surface area contributed by atoms with Crippen LogP contribution in [0.25, 0.3) is 0 Å². The van der Waals surface area contributed by atoms with Crippen LogP contribution >= 0.6 is 28.3 Å². The first kappa shape index (κ1) is 19.3. The summed E-state index contributed by atoms with van der Waals surface area (Å²) in [7, 11) is 0. The molecule has 1 aliphatic rings. The molecule has 1 saturated heterocycles. The maximum Gasteiger partial charge on any atom is 0.240 e. The van der Waals surface area contributed by atoms with Gasteiger partial charge in [-0.1, -0.05) is 29.3 Å². The monoisotopic (exact) mass is 389 g/mol. The van der Waals surface area contributed by atoms with Gasteiger partial charge >= 0.3 is 0 Å². The summed E-state index contributed by atoms with van der Waals surface area (Å²) >= 11 is 3.45. The molecule has 0 spiro atoms. The van der Waals surface area contributed by atoms with E-state index >= 15 is 0 Å². The lowest BCUT2D eigenvalue weighted by atomic mass is 9.96. The van der Waals surface area contributed by atoms with Gasteiger partial charge in [-0.3, -0.25) is 4.79 Å². The summed E-state index contributed by atoms with van der Waals surface area (Å²) in [4.78, 5) is 14.5. The molecule has 0 radical (unpaired) electrons. The van der Waals surface area contributed by atoms with Crippen molar-refractivity contribution in [1.29, 1.82) is 0 Å². The van der Waals surface area contributed by atoms with Gasteiger partial charge in [0.25, 0.3) is 0 Å². The molecule has 0 aromatic heterocycles. The first-order chi connectivity index (χ1) is 9.92. The van der Waals surface area contributed by atoms with Crippen LogP contribution in [0.15, 0.2) is 28.7 Å². The molecule has 22 heavy (non-hydrogen) atoms. The van der Waals surface area contributed by atoms with Crippen LogP contribution < -0.4 is 16.0 Å². The molecule has 1 aromatic rings. The number of amides is 1. The van der Waals surface area contributed by atoms with Gasteiger partial charge in [0.2, 0.25) is 5.91 Å². The van der Waals surface area contributed by atoms with Crippen LogP contribution in [-0.2, 0) is 4.79 Å². The zero-order valence-corrected chi connectivity index (χ0v) is 15.5. The van der Waals surface area contributed by atoms with Crippen molar-refractivity contribution in [2.45, 2.75) is 44.7 Å². The van der Waals surface area contributed by atoms with Crippen LogP contribution in [0.1, 0.15) is 33.1 Å². The Morgan fingerprint density at radius 2 is 2.09 bits per heavy atom. The number of rotatable bonds is 5. The van der Waals surface area contributed by atoms with Gasteiger partial charge < -0.3 is 16.0 Å². The summed E-state index contributed by atoms with van der Waals surface area (Å²) in [6, 6.07) is 8.45. The first-order valence-electron chi connectivity index (χ1n) is 7.53. The Hall–Kier alpha value is -0.780. The van der Waals surface area contributed by atoms with Crippen LogP contribution in [-0.4, -0.2) is 30.6 Å². The van der Waals surface area contributed by atoms with Gasteiger partial charge in [0, 0.05) is 29.3 Å². The predicted molar refractivity (Wildman–Crippen MR) is 97.7 cm³/mol. The maximum atomic E-state index is 12.2. The standard InChI is InChI=1S/C16H24BrN3O.ClH/c1-3-9-16(2,18)15(21)19-13-8-10-20(11-13)14-6-4-12(17)5-7-14;/h4-7,13H,3,8-11,18H2,1-2H3,(H,19,21);1H. The third-order valence-corrected chi connectivity index (χ3v) is 4.53. The number of hydrogen-bond donors (Lipinski definition) is 2. The number of nitrogens with one attached hydrogen (secondary N) is 1. The molecule has 6 heteroatoms. The lowest BCUT2D eigenvalue weighted by Gasteiger charge is -2.25. The average molecular weight is 391 g/mol. The van der Waals surface area contributed by atoms with Crippen LogP contribution in [0.5, 0.6) is 0 Å². The van der Waals surface area contributed by atoms with Crippen molar-refractivity contribution < 1.29 is 4.79 Å². The molecular weight excluding hydrogens is 366 g/mol. The van der Waals surface area contributed by atoms with E-state index in [1.807, 2.05) is 26.0 Å². The van der Waals surface area contributed by atoms with Crippen molar-refractivity contribution in [2.75, 3.05) is 18.0 Å². The Kier molecular flexibility index (Phi) is 7.16. The minimum atomic E-state index is -0.764. The minimum absolute atomic E-state index is 0. The topological polar surface area (TPSA) is 58.4 Å². The second kappa shape index (κ2) is 8.18. The van der Waals surface area contributed by atoms with E-state index in [9.17, 15) is 4.79 Å². The second-order valence-corrected chi connectivity index (χ2v) is 6.96. The summed E-state index contributed by atoms with van der Waals surface area (Å²) in [5, 5.41) is 3.10. The molecular formula is C16H25BrClN3O. The SMILES string of the molecule is CCCC(C)(N)C(=O)NC1CCN(c2ccc(Br)cc2)C1.Cl. The van der Waals surface area contributed by atoms with Crippen LogP contribution in [0.4, 0.5) is 5.69 Å². The molecule has 2 rings (SSSR count). The zero-order valence-electron chi connectivity index (χ0n) is 13.1. The molecule has 124 valence electrons. The summed E-state index contributed by atoms with van der Waals surface area (Å²) in [6.45, 7) is 5.66. The fourth-order valence-corrected chi connectivity index (χ4v) is 3.01. The number of benzene rings is 1. The quantitative estimate of drug-likeness (QED) is 0.812. The van der Waals surface area contributed by atoms with Crippen molar-refractivity contribution in [3.8, 4) is 0 Å². The number of halogens is 2. The Balaban J connectivity index is 0.00000242. The van der Waals surface area contributed by atoms with Gasteiger partial charge in [0.1, 0.15) is 0 Å². The fraction of sp³-hybridized carbons (Fsp3) is 0.562. The van der Waals surface area contributed by atoms with E-state index in [1.165, 1.54) is 5.69 Å². The lowest BCUT2D eigenvalue weighted by Crippen LogP contribution is -2.54. The van der Waals surface area contributed by atoms with Crippen molar-refractivity contribution in [1.82, 2.24) is 5.32 Å². The van der Waals surface area contributed by atoms with E-state index in [0.29, 0.717) is 6.42 Å². The smallest absolute Gasteiger partial charge is 0.240 e. The largest absolute Gasteiger partial charge is 0.369 e. The van der Waals surface area contributed by atoms with Gasteiger partial charge in [-0.15, -0.1) is 12.4 Å². The Morgan fingerprint density at radius 1 is 1.45 bits per heavy atom. The molecule has 1 aromatic carbocycles. The van der Waals surface area contributed by atoms with Gasteiger partial charge in [-0.2, -0.15) is 0 Å². The van der Waals surface area contributed by atoms with E-state index in [1.54, 1.807) is 0 Å². The Morgan fingerprint density at radius 3 is 2.68 bits per heavy atom. The summed E-state index contributed by atoms with van der Waals surface area (Å²) in [5.74, 6) is -0.0352. The van der Waals surface area contributed by atoms with E-state index in [4.69, 9.17) is 5.73 Å². The predicted octanol–water partition coefficient (Wildman–Crippen LogP) is 3.08. The number of nitrogens with two attached hydrogens (primary N) is 1. The summed E-state index contributed by atoms with van der Waals surface area (Å²) in [5.41, 5.74) is 6.51. The van der Waals surface area contributed by atoms with Crippen molar-refractivity contribution >= 4 is 39.9 Å². The molecule has 1 amide bonds. The third-order valence-electron chi connectivity index (χ3n) is 4.00. The van der Waals surface area contributed by atoms with Gasteiger partial charge in [0.15, 0.2) is 0 Å². The summed E-state index contributed by atoms with van der Waals surface area (Å²) in [6.07, 6.45) is 2.59. The molecule has 1 fully saturated rings. The molecule has 0 saturated carbocycles. The highest BCUT2D eigenvalue weighted by Gasteiger charge is 2.31. The fourth-order valence-electron chi connectivity index (χ4n) is 2.75. The second-order valence-electron chi connectivity index (χ2n) is 6.05. The highest BCUT2D eigenvalue weighted by Crippen LogP contribution is 2.23. The lowest BCUT2D eigenvalue weighted by molar-refractivity contribution is -0.126. The highest BCUT2D eigenvalue weighted by molar-refractivity contribution is 9.10. The van der Waals surface area contributed by atoms with Crippen LogP contribution in [0.2, 0.25) is 0 Å². The molecule has 0 bridgehead atoms. The first-order valence-corrected chi connectivity index (χ1v) is 8.32. The number of carbonyl (C=O) groups is 1. The number of carbonyl (C=O) groups excluding carboxylic acids is 1. The van der Waals surface area contributed by atoms with Gasteiger partial charge in [0.05, 0.1) is 5.54 Å². The molecule has 1 heterocycles. The molecule has 2 unspecified atom stereocenters. The van der Waals surface area contributed by atoms with Crippen molar-refractivity contribution in [2.24, 2.45) is 5.73 Å². The molecule has 0 aliphatic carbocycles. The highest BCUT2D eigenvalue weighted by atomic mass is 79.9. The molecule has 2 atom stereocenters. The van der Waals surface area contributed by atoms with E-state index in [0.717, 1.165) is 30.4 Å². The van der Waals surface area contributed by atoms with Crippen molar-refractivity contribution in [3.63, 3.8) is 0 Å². The molecule has 3 N–H and O–H groups in total. The normalized spacial score (nSPS) is 20.2.